The smallest absolute Gasteiger partial charge is 0.249 e. The molecule has 4 heterocycles. The fourth-order valence-corrected chi connectivity index (χ4v) is 3.51. The number of carbonyl (C=O) groups is 1. The van der Waals surface area contributed by atoms with Crippen LogP contribution in [0.4, 0.5) is 11.5 Å². The van der Waals surface area contributed by atoms with Crippen LogP contribution < -0.4 is 9.80 Å². The maximum Gasteiger partial charge on any atom is 0.249 e. The summed E-state index contributed by atoms with van der Waals surface area (Å²) in [6.45, 7) is 6.15. The van der Waals surface area contributed by atoms with Crippen LogP contribution in [0, 0.1) is 0 Å². The van der Waals surface area contributed by atoms with Crippen molar-refractivity contribution in [3.8, 4) is 22.9 Å². The van der Waals surface area contributed by atoms with E-state index < -0.39 is 0 Å². The van der Waals surface area contributed by atoms with Crippen molar-refractivity contribution in [2.75, 3.05) is 16.8 Å². The van der Waals surface area contributed by atoms with Gasteiger partial charge >= 0.3 is 0 Å². The molecular weight excluding hydrogens is 356 g/mol. The molecule has 0 saturated carbocycles. The van der Waals surface area contributed by atoms with Gasteiger partial charge in [-0.15, -0.1) is 0 Å². The Morgan fingerprint density at radius 2 is 1.89 bits per heavy atom. The van der Waals surface area contributed by atoms with Crippen molar-refractivity contribution < 1.29 is 4.79 Å². The molecule has 0 bridgehead atoms. The average Bonchev–Trinajstić information content (AvgIpc) is 3.20. The van der Waals surface area contributed by atoms with Crippen molar-refractivity contribution in [3.63, 3.8) is 0 Å². The van der Waals surface area contributed by atoms with E-state index >= 15 is 0 Å². The summed E-state index contributed by atoms with van der Waals surface area (Å²) >= 11 is 0. The van der Waals surface area contributed by atoms with Gasteiger partial charge in [-0.3, -0.25) is 4.79 Å². The molecule has 0 unspecified atom stereocenters. The lowest BCUT2D eigenvalue weighted by Gasteiger charge is -2.42. The summed E-state index contributed by atoms with van der Waals surface area (Å²) in [5, 5.41) is 0. The van der Waals surface area contributed by atoms with Crippen molar-refractivity contribution in [1.82, 2.24) is 29.9 Å². The van der Waals surface area contributed by atoms with Crippen LogP contribution in [0.1, 0.15) is 27.2 Å². The Labute approximate surface area is 162 Å². The van der Waals surface area contributed by atoms with Crippen LogP contribution in [0.2, 0.25) is 0 Å². The number of aromatic nitrogens is 6. The van der Waals surface area contributed by atoms with E-state index in [1.165, 1.54) is 6.33 Å². The van der Waals surface area contributed by atoms with Gasteiger partial charge in [0.15, 0.2) is 11.6 Å². The zero-order chi connectivity index (χ0) is 19.8. The van der Waals surface area contributed by atoms with E-state index in [4.69, 9.17) is 4.98 Å². The molecule has 28 heavy (non-hydrogen) atoms. The summed E-state index contributed by atoms with van der Waals surface area (Å²) < 4.78 is 0. The van der Waals surface area contributed by atoms with E-state index in [1.807, 2.05) is 6.92 Å². The lowest BCUT2D eigenvalue weighted by atomic mass is 10.1. The molecule has 144 valence electrons. The van der Waals surface area contributed by atoms with Crippen molar-refractivity contribution in [2.45, 2.75) is 39.3 Å². The van der Waals surface area contributed by atoms with Gasteiger partial charge in [0.05, 0.1) is 18.0 Å². The van der Waals surface area contributed by atoms with Gasteiger partial charge in [-0.25, -0.2) is 24.9 Å². The maximum absolute atomic E-state index is 12.7. The Kier molecular flexibility index (Phi) is 4.50. The Morgan fingerprint density at radius 1 is 1.14 bits per heavy atom. The Balaban J connectivity index is 1.77. The SMILES string of the molecule is CC[C@@H]1C(=O)N(C)c2cnc(-c3cnc(-c4cncnc4)[nH]3)nc2N1C(C)C. The van der Waals surface area contributed by atoms with Gasteiger partial charge in [0.25, 0.3) is 0 Å². The van der Waals surface area contributed by atoms with E-state index in [0.717, 1.165) is 11.4 Å². The highest BCUT2D eigenvalue weighted by atomic mass is 16.2. The lowest BCUT2D eigenvalue weighted by Crippen LogP contribution is -2.54. The van der Waals surface area contributed by atoms with Gasteiger partial charge in [0.1, 0.15) is 29.6 Å². The van der Waals surface area contributed by atoms with Crippen molar-refractivity contribution >= 4 is 17.4 Å². The monoisotopic (exact) mass is 378 g/mol. The number of H-pyrrole nitrogens is 1. The van der Waals surface area contributed by atoms with Gasteiger partial charge in [0, 0.05) is 25.5 Å². The standard InChI is InChI=1S/C19H22N8O/c1-5-14-19(28)26(4)15-9-23-17(25-18(15)27(14)11(2)3)13-8-22-16(24-13)12-6-20-10-21-7-12/h6-11,14H,5H2,1-4H3,(H,22,24)/t14-/m1/s1. The fraction of sp³-hybridized carbons (Fsp3) is 0.368. The first-order chi connectivity index (χ1) is 13.5. The number of carbonyl (C=O) groups excluding carboxylic acids is 1. The number of hydrogen-bond donors (Lipinski definition) is 1. The van der Waals surface area contributed by atoms with E-state index in [2.05, 4.69) is 43.7 Å². The van der Waals surface area contributed by atoms with Gasteiger partial charge in [-0.1, -0.05) is 6.92 Å². The number of likely N-dealkylation sites (N-methyl/N-ethyl adjacent to an activating group) is 1. The highest BCUT2D eigenvalue weighted by molar-refractivity contribution is 6.04. The number of aromatic amines is 1. The number of anilines is 2. The van der Waals surface area contributed by atoms with Crippen LogP contribution in [0.5, 0.6) is 0 Å². The molecule has 1 atom stereocenters. The topological polar surface area (TPSA) is 104 Å². The molecule has 3 aromatic heterocycles. The molecule has 3 aromatic rings. The second-order valence-corrected chi connectivity index (χ2v) is 7.00. The molecule has 9 heteroatoms. The normalized spacial score (nSPS) is 16.6. The molecule has 4 rings (SSSR count). The number of nitrogens with one attached hydrogen (secondary N) is 1. The zero-order valence-corrected chi connectivity index (χ0v) is 16.3. The highest BCUT2D eigenvalue weighted by Gasteiger charge is 2.38. The summed E-state index contributed by atoms with van der Waals surface area (Å²) in [5.74, 6) is 2.00. The number of hydrogen-bond acceptors (Lipinski definition) is 7. The summed E-state index contributed by atoms with van der Waals surface area (Å²) in [5.41, 5.74) is 2.19. The van der Waals surface area contributed by atoms with Crippen LogP contribution in [0.25, 0.3) is 22.9 Å². The number of imidazole rings is 1. The third kappa shape index (κ3) is 2.88. The number of rotatable bonds is 4. The second-order valence-electron chi connectivity index (χ2n) is 7.00. The molecule has 1 aliphatic heterocycles. The Morgan fingerprint density at radius 3 is 2.57 bits per heavy atom. The van der Waals surface area contributed by atoms with E-state index in [0.29, 0.717) is 29.5 Å². The van der Waals surface area contributed by atoms with Crippen LogP contribution in [0.15, 0.2) is 31.1 Å². The molecule has 0 aromatic carbocycles. The molecule has 1 amide bonds. The summed E-state index contributed by atoms with van der Waals surface area (Å²) in [6.07, 6.45) is 8.96. The number of amides is 1. The first-order valence-corrected chi connectivity index (χ1v) is 9.25. The zero-order valence-electron chi connectivity index (χ0n) is 16.3. The fourth-order valence-electron chi connectivity index (χ4n) is 3.51. The number of fused-ring (bicyclic) bond motifs is 1. The molecule has 0 aliphatic carbocycles. The van der Waals surface area contributed by atoms with Gasteiger partial charge in [0.2, 0.25) is 5.91 Å². The van der Waals surface area contributed by atoms with Crippen molar-refractivity contribution in [3.05, 3.63) is 31.1 Å². The highest BCUT2D eigenvalue weighted by Crippen LogP contribution is 2.36. The Bertz CT molecular complexity index is 1000. The van der Waals surface area contributed by atoms with Crippen LogP contribution in [-0.4, -0.2) is 54.9 Å². The summed E-state index contributed by atoms with van der Waals surface area (Å²) in [4.78, 5) is 41.4. The van der Waals surface area contributed by atoms with Crippen LogP contribution in [-0.2, 0) is 4.79 Å². The molecule has 0 saturated heterocycles. The summed E-state index contributed by atoms with van der Waals surface area (Å²) in [6, 6.07) is -0.109. The molecule has 1 aliphatic rings. The Hall–Kier alpha value is -3.36. The van der Waals surface area contributed by atoms with Crippen LogP contribution >= 0.6 is 0 Å². The molecule has 0 fully saturated rings. The minimum absolute atomic E-state index is 0.0629. The molecule has 0 spiro atoms. The summed E-state index contributed by atoms with van der Waals surface area (Å²) in [7, 11) is 1.77. The minimum atomic E-state index is -0.237. The first kappa shape index (κ1) is 18.0. The van der Waals surface area contributed by atoms with E-state index in [1.54, 1.807) is 36.7 Å². The molecule has 9 nitrogen and oxygen atoms in total. The van der Waals surface area contributed by atoms with E-state index in [-0.39, 0.29) is 18.0 Å². The first-order valence-electron chi connectivity index (χ1n) is 9.25. The minimum Gasteiger partial charge on any atom is -0.340 e. The maximum atomic E-state index is 12.7. The number of nitrogens with zero attached hydrogens (tertiary/aromatic N) is 7. The quantitative estimate of drug-likeness (QED) is 0.743. The van der Waals surface area contributed by atoms with Crippen molar-refractivity contribution in [2.24, 2.45) is 0 Å². The lowest BCUT2D eigenvalue weighted by molar-refractivity contribution is -0.120. The molecular formula is C19H22N8O. The molecule has 1 N–H and O–H groups in total. The van der Waals surface area contributed by atoms with Gasteiger partial charge in [-0.2, -0.15) is 0 Å². The second kappa shape index (κ2) is 6.99. The van der Waals surface area contributed by atoms with Gasteiger partial charge < -0.3 is 14.8 Å². The van der Waals surface area contributed by atoms with Gasteiger partial charge in [-0.05, 0) is 20.3 Å². The third-order valence-electron chi connectivity index (χ3n) is 4.90. The third-order valence-corrected chi connectivity index (χ3v) is 4.90. The van der Waals surface area contributed by atoms with Crippen molar-refractivity contribution in [1.29, 1.82) is 0 Å². The largest absolute Gasteiger partial charge is 0.340 e. The van der Waals surface area contributed by atoms with Crippen LogP contribution in [0.3, 0.4) is 0 Å². The molecule has 0 radical (unpaired) electrons. The average molecular weight is 378 g/mol. The predicted octanol–water partition coefficient (Wildman–Crippen LogP) is 2.29. The van der Waals surface area contributed by atoms with E-state index in [9.17, 15) is 4.79 Å². The predicted molar refractivity (Wildman–Crippen MR) is 106 cm³/mol.